The average Bonchev–Trinajstić information content (AvgIpc) is 3.04. The van der Waals surface area contributed by atoms with Gasteiger partial charge in [0.1, 0.15) is 0 Å². The van der Waals surface area contributed by atoms with Crippen LogP contribution >= 0.6 is 31.9 Å². The van der Waals surface area contributed by atoms with E-state index in [4.69, 9.17) is 0 Å². The van der Waals surface area contributed by atoms with Crippen LogP contribution < -0.4 is 0 Å². The van der Waals surface area contributed by atoms with E-state index in [-0.39, 0.29) is 9.79 Å². The maximum Gasteiger partial charge on any atom is 0.207 e. The van der Waals surface area contributed by atoms with Gasteiger partial charge in [0.15, 0.2) is 0 Å². The van der Waals surface area contributed by atoms with Crippen LogP contribution in [0.15, 0.2) is 114 Å². The Morgan fingerprint density at radius 2 is 0.970 bits per heavy atom. The number of aliphatic imine (C=N–C) groups is 2. The van der Waals surface area contributed by atoms with Crippen LogP contribution in [0.2, 0.25) is 0 Å². The molecule has 4 aromatic carbocycles. The minimum atomic E-state index is -3.65. The summed E-state index contributed by atoms with van der Waals surface area (Å²) in [6.07, 6.45) is 3.44. The molecule has 5 rings (SSSR count). The number of halogens is 2. The summed E-state index contributed by atoms with van der Waals surface area (Å²) in [4.78, 5) is 9.48. The summed E-state index contributed by atoms with van der Waals surface area (Å²) < 4.78 is 28.6. The van der Waals surface area contributed by atoms with Gasteiger partial charge in [-0.2, -0.15) is 0 Å². The minimum Gasteiger partial charge on any atom is -0.256 e. The van der Waals surface area contributed by atoms with Crippen molar-refractivity contribution in [1.29, 1.82) is 0 Å². The van der Waals surface area contributed by atoms with Crippen LogP contribution in [-0.4, -0.2) is 20.8 Å². The molecule has 0 spiro atoms. The first-order valence-corrected chi connectivity index (χ1v) is 13.1. The molecule has 1 heterocycles. The van der Waals surface area contributed by atoms with Crippen molar-refractivity contribution in [3.63, 3.8) is 0 Å². The zero-order chi connectivity index (χ0) is 23.0. The van der Waals surface area contributed by atoms with Crippen molar-refractivity contribution in [2.45, 2.75) is 9.79 Å². The molecule has 1 aliphatic rings. The van der Waals surface area contributed by atoms with Gasteiger partial charge in [0.2, 0.25) is 9.84 Å². The molecule has 7 heteroatoms. The molecule has 0 radical (unpaired) electrons. The molecular formula is C26H16Br2N2O2S. The molecule has 0 saturated heterocycles. The highest BCUT2D eigenvalue weighted by Crippen LogP contribution is 2.45. The second-order valence-electron chi connectivity index (χ2n) is 7.48. The van der Waals surface area contributed by atoms with Crippen molar-refractivity contribution in [1.82, 2.24) is 0 Å². The summed E-state index contributed by atoms with van der Waals surface area (Å²) in [7, 11) is -3.65. The molecule has 0 atom stereocenters. The molecule has 4 aromatic rings. The molecule has 0 saturated carbocycles. The van der Waals surface area contributed by atoms with Gasteiger partial charge < -0.3 is 0 Å². The maximum absolute atomic E-state index is 13.3. The molecule has 1 aliphatic heterocycles. The number of benzene rings is 4. The predicted octanol–water partition coefficient (Wildman–Crippen LogP) is 7.53. The Morgan fingerprint density at radius 3 is 1.36 bits per heavy atom. The van der Waals surface area contributed by atoms with Gasteiger partial charge in [-0.05, 0) is 59.7 Å². The van der Waals surface area contributed by atoms with Crippen LogP contribution in [0, 0.1) is 0 Å². The van der Waals surface area contributed by atoms with Gasteiger partial charge in [-0.3, -0.25) is 9.98 Å². The summed E-state index contributed by atoms with van der Waals surface area (Å²) in [5.74, 6) is 0. The Labute approximate surface area is 208 Å². The van der Waals surface area contributed by atoms with Crippen LogP contribution in [0.4, 0.5) is 11.4 Å². The smallest absolute Gasteiger partial charge is 0.207 e. The van der Waals surface area contributed by atoms with E-state index in [2.05, 4.69) is 41.8 Å². The van der Waals surface area contributed by atoms with Gasteiger partial charge in [-0.25, -0.2) is 8.42 Å². The Balaban J connectivity index is 1.45. The van der Waals surface area contributed by atoms with E-state index in [0.29, 0.717) is 22.5 Å². The first-order chi connectivity index (χ1) is 15.9. The Hall–Kier alpha value is -2.87. The van der Waals surface area contributed by atoms with Gasteiger partial charge >= 0.3 is 0 Å². The number of sulfone groups is 1. The van der Waals surface area contributed by atoms with E-state index in [9.17, 15) is 8.42 Å². The molecule has 162 valence electrons. The first kappa shape index (κ1) is 21.9. The van der Waals surface area contributed by atoms with Gasteiger partial charge in [0, 0.05) is 32.5 Å². The van der Waals surface area contributed by atoms with Gasteiger partial charge in [-0.15, -0.1) is 0 Å². The third kappa shape index (κ3) is 4.49. The number of nitrogens with zero attached hydrogens (tertiary/aromatic N) is 2. The second-order valence-corrected chi connectivity index (χ2v) is 11.2. The monoisotopic (exact) mass is 578 g/mol. The molecule has 0 fully saturated rings. The fraction of sp³-hybridized carbons (Fsp3) is 0. The lowest BCUT2D eigenvalue weighted by Gasteiger charge is -2.01. The van der Waals surface area contributed by atoms with E-state index < -0.39 is 9.84 Å². The molecule has 0 unspecified atom stereocenters. The first-order valence-electron chi connectivity index (χ1n) is 10.0. The summed E-state index contributed by atoms with van der Waals surface area (Å²) in [6.45, 7) is 0. The van der Waals surface area contributed by atoms with E-state index in [1.165, 1.54) is 0 Å². The third-order valence-electron chi connectivity index (χ3n) is 5.26. The van der Waals surface area contributed by atoms with Crippen molar-refractivity contribution < 1.29 is 8.42 Å². The quantitative estimate of drug-likeness (QED) is 0.207. The van der Waals surface area contributed by atoms with Crippen molar-refractivity contribution in [2.75, 3.05) is 0 Å². The van der Waals surface area contributed by atoms with Crippen molar-refractivity contribution in [3.8, 4) is 11.1 Å². The molecule has 0 amide bonds. The Morgan fingerprint density at radius 1 is 0.576 bits per heavy atom. The standard InChI is InChI=1S/C26H16Br2N2O2S/c27-19-5-1-17(2-6-19)15-29-21-9-11-23-24-12-10-22(14-26(24)33(31,32)25(23)13-21)30-16-18-3-7-20(28)8-4-18/h1-16H. The number of hydrogen-bond acceptors (Lipinski definition) is 4. The lowest BCUT2D eigenvalue weighted by molar-refractivity contribution is 0.598. The Bertz CT molecular complexity index is 1420. The van der Waals surface area contributed by atoms with Gasteiger partial charge in [0.05, 0.1) is 21.2 Å². The number of rotatable bonds is 4. The van der Waals surface area contributed by atoms with Crippen LogP contribution in [0.5, 0.6) is 0 Å². The van der Waals surface area contributed by atoms with Crippen LogP contribution in [0.3, 0.4) is 0 Å². The van der Waals surface area contributed by atoms with E-state index in [1.807, 2.05) is 72.8 Å². The number of hydrogen-bond donors (Lipinski definition) is 0. The normalized spacial score (nSPS) is 14.0. The molecular weight excluding hydrogens is 564 g/mol. The SMILES string of the molecule is O=S1(=O)c2cc(N=Cc3ccc(Br)cc3)ccc2-c2ccc(N=Cc3ccc(Br)cc3)cc21. The van der Waals surface area contributed by atoms with E-state index >= 15 is 0 Å². The zero-order valence-electron chi connectivity index (χ0n) is 17.1. The third-order valence-corrected chi connectivity index (χ3v) is 8.16. The summed E-state index contributed by atoms with van der Waals surface area (Å²) in [6, 6.07) is 26.0. The molecule has 4 nitrogen and oxygen atoms in total. The minimum absolute atomic E-state index is 0.275. The lowest BCUT2D eigenvalue weighted by Crippen LogP contribution is -1.96. The van der Waals surface area contributed by atoms with E-state index in [0.717, 1.165) is 20.1 Å². The van der Waals surface area contributed by atoms with Gasteiger partial charge in [0.25, 0.3) is 0 Å². The number of fused-ring (bicyclic) bond motifs is 3. The van der Waals surface area contributed by atoms with Gasteiger partial charge in [-0.1, -0.05) is 68.3 Å². The largest absolute Gasteiger partial charge is 0.256 e. The summed E-state index contributed by atoms with van der Waals surface area (Å²) in [5, 5.41) is 0. The van der Waals surface area contributed by atoms with Crippen molar-refractivity contribution in [2.24, 2.45) is 9.98 Å². The highest BCUT2D eigenvalue weighted by Gasteiger charge is 2.33. The molecule has 0 bridgehead atoms. The molecule has 0 aliphatic carbocycles. The fourth-order valence-corrected chi connectivity index (χ4v) is 5.84. The maximum atomic E-state index is 13.3. The summed E-state index contributed by atoms with van der Waals surface area (Å²) in [5.41, 5.74) is 4.41. The molecule has 0 aromatic heterocycles. The van der Waals surface area contributed by atoms with Crippen LogP contribution in [0.25, 0.3) is 11.1 Å². The lowest BCUT2D eigenvalue weighted by atomic mass is 10.1. The second kappa shape index (κ2) is 8.82. The molecule has 33 heavy (non-hydrogen) atoms. The highest BCUT2D eigenvalue weighted by molar-refractivity contribution is 9.10. The molecule has 0 N–H and O–H groups in total. The summed E-state index contributed by atoms with van der Waals surface area (Å²) >= 11 is 6.82. The fourth-order valence-electron chi connectivity index (χ4n) is 3.59. The van der Waals surface area contributed by atoms with E-state index in [1.54, 1.807) is 24.6 Å². The highest BCUT2D eigenvalue weighted by atomic mass is 79.9. The van der Waals surface area contributed by atoms with Crippen LogP contribution in [0.1, 0.15) is 11.1 Å². The average molecular weight is 580 g/mol. The zero-order valence-corrected chi connectivity index (χ0v) is 21.1. The van der Waals surface area contributed by atoms with Crippen molar-refractivity contribution in [3.05, 3.63) is 105 Å². The Kier molecular flexibility index (Phi) is 5.86. The van der Waals surface area contributed by atoms with Crippen LogP contribution in [-0.2, 0) is 9.84 Å². The predicted molar refractivity (Wildman–Crippen MR) is 140 cm³/mol. The topological polar surface area (TPSA) is 58.9 Å². The van der Waals surface area contributed by atoms with Crippen molar-refractivity contribution >= 4 is 65.5 Å².